The second kappa shape index (κ2) is 9.26. The summed E-state index contributed by atoms with van der Waals surface area (Å²) in [5.74, 6) is 1.18. The van der Waals surface area contributed by atoms with E-state index in [1.54, 1.807) is 0 Å². The zero-order chi connectivity index (χ0) is 23.8. The lowest BCUT2D eigenvalue weighted by Gasteiger charge is -2.47. The maximum Gasteiger partial charge on any atom is 0.264 e. The van der Waals surface area contributed by atoms with Crippen molar-refractivity contribution in [2.24, 2.45) is 4.99 Å². The summed E-state index contributed by atoms with van der Waals surface area (Å²) in [5.41, 5.74) is 5.87. The number of amidine groups is 1. The van der Waals surface area contributed by atoms with Crippen molar-refractivity contribution < 1.29 is 9.53 Å². The molecule has 0 aliphatic carbocycles. The number of carbonyl (C=O) groups is 1. The summed E-state index contributed by atoms with van der Waals surface area (Å²) >= 11 is 1.38. The van der Waals surface area contributed by atoms with Crippen LogP contribution in [0.3, 0.4) is 0 Å². The van der Waals surface area contributed by atoms with Gasteiger partial charge in [0.05, 0.1) is 17.2 Å². The molecule has 6 heteroatoms. The number of ether oxygens (including phenoxy) is 1. The number of amides is 1. The second-order valence-corrected chi connectivity index (χ2v) is 10.4. The summed E-state index contributed by atoms with van der Waals surface area (Å²) in [6.45, 7) is 14.9. The maximum absolute atomic E-state index is 12.7. The lowest BCUT2D eigenvalue weighted by molar-refractivity contribution is -0.115. The average molecular weight is 464 g/mol. The largest absolute Gasteiger partial charge is 0.494 e. The van der Waals surface area contributed by atoms with Crippen molar-refractivity contribution in [2.75, 3.05) is 18.1 Å². The average Bonchev–Trinajstić information content (AvgIpc) is 3.09. The summed E-state index contributed by atoms with van der Waals surface area (Å²) in [5, 5.41) is 3.49. The van der Waals surface area contributed by atoms with E-state index in [2.05, 4.69) is 62.0 Å². The Morgan fingerprint density at radius 1 is 1.24 bits per heavy atom. The van der Waals surface area contributed by atoms with Gasteiger partial charge in [0.1, 0.15) is 5.75 Å². The Hall–Kier alpha value is -2.73. The highest BCUT2D eigenvalue weighted by molar-refractivity contribution is 8.18. The van der Waals surface area contributed by atoms with Gasteiger partial charge in [-0.2, -0.15) is 0 Å². The van der Waals surface area contributed by atoms with E-state index in [0.29, 0.717) is 22.6 Å². The van der Waals surface area contributed by atoms with E-state index in [0.717, 1.165) is 30.0 Å². The molecule has 0 radical (unpaired) electrons. The van der Waals surface area contributed by atoms with Crippen molar-refractivity contribution in [3.63, 3.8) is 0 Å². The Balaban J connectivity index is 1.60. The predicted octanol–water partition coefficient (Wildman–Crippen LogP) is 6.40. The molecule has 2 aliphatic rings. The molecule has 0 saturated carbocycles. The van der Waals surface area contributed by atoms with Crippen LogP contribution in [0.2, 0.25) is 0 Å². The van der Waals surface area contributed by atoms with E-state index in [1.165, 1.54) is 28.6 Å². The lowest BCUT2D eigenvalue weighted by Crippen LogP contribution is -2.48. The molecule has 1 amide bonds. The molecule has 4 rings (SSSR count). The van der Waals surface area contributed by atoms with Crippen molar-refractivity contribution in [1.82, 2.24) is 5.32 Å². The molecule has 2 aromatic rings. The van der Waals surface area contributed by atoms with Crippen molar-refractivity contribution >= 4 is 40.3 Å². The van der Waals surface area contributed by atoms with Gasteiger partial charge in [-0.05, 0) is 118 Å². The van der Waals surface area contributed by atoms with Crippen molar-refractivity contribution in [3.8, 4) is 5.75 Å². The summed E-state index contributed by atoms with van der Waals surface area (Å²) in [7, 11) is 0. The fraction of sp³-hybridized carbons (Fsp3) is 0.407. The number of hydrogen-bond acceptors (Lipinski definition) is 5. The molecule has 2 aromatic carbocycles. The summed E-state index contributed by atoms with van der Waals surface area (Å²) < 4.78 is 5.48. The Morgan fingerprint density at radius 2 is 1.97 bits per heavy atom. The highest BCUT2D eigenvalue weighted by Crippen LogP contribution is 2.44. The zero-order valence-corrected chi connectivity index (χ0v) is 21.2. The number of hydrogen-bond donors (Lipinski definition) is 1. The van der Waals surface area contributed by atoms with Gasteiger partial charge in [-0.15, -0.1) is 0 Å². The van der Waals surface area contributed by atoms with E-state index in [1.807, 2.05) is 37.3 Å². The van der Waals surface area contributed by atoms with Crippen LogP contribution >= 0.6 is 11.8 Å². The number of thioether (sulfide) groups is 1. The zero-order valence-electron chi connectivity index (χ0n) is 20.4. The normalized spacial score (nSPS) is 21.9. The number of carbonyl (C=O) groups excluding carboxylic acids is 1. The van der Waals surface area contributed by atoms with E-state index < -0.39 is 0 Å². The first-order chi connectivity index (χ1) is 15.7. The molecular formula is C27H33N3O2S. The fourth-order valence-electron chi connectivity index (χ4n) is 4.93. The molecule has 1 atom stereocenters. The molecule has 1 saturated heterocycles. The van der Waals surface area contributed by atoms with Crippen molar-refractivity contribution in [1.29, 1.82) is 0 Å². The molecule has 1 fully saturated rings. The van der Waals surface area contributed by atoms with Gasteiger partial charge in [-0.25, -0.2) is 4.99 Å². The van der Waals surface area contributed by atoms with E-state index in [-0.39, 0.29) is 11.4 Å². The van der Waals surface area contributed by atoms with Gasteiger partial charge >= 0.3 is 0 Å². The van der Waals surface area contributed by atoms with E-state index in [4.69, 9.17) is 4.74 Å². The van der Waals surface area contributed by atoms with Crippen LogP contribution in [0.25, 0.3) is 6.08 Å². The third-order valence-corrected chi connectivity index (χ3v) is 7.32. The van der Waals surface area contributed by atoms with Crippen LogP contribution in [-0.2, 0) is 4.79 Å². The molecule has 1 N–H and O–H groups in total. The third kappa shape index (κ3) is 4.81. The van der Waals surface area contributed by atoms with Crippen molar-refractivity contribution in [3.05, 3.63) is 58.0 Å². The highest BCUT2D eigenvalue weighted by atomic mass is 32.2. The number of benzene rings is 2. The minimum Gasteiger partial charge on any atom is -0.494 e. The molecule has 0 unspecified atom stereocenters. The van der Waals surface area contributed by atoms with Gasteiger partial charge in [0.15, 0.2) is 5.17 Å². The molecule has 2 heterocycles. The number of rotatable bonds is 5. The Kier molecular flexibility index (Phi) is 6.57. The molecular weight excluding hydrogens is 430 g/mol. The van der Waals surface area contributed by atoms with Crippen LogP contribution < -0.4 is 15.0 Å². The molecule has 174 valence electrons. The van der Waals surface area contributed by atoms with Gasteiger partial charge in [-0.3, -0.25) is 4.79 Å². The first-order valence-corrected chi connectivity index (χ1v) is 12.5. The monoisotopic (exact) mass is 463 g/mol. The van der Waals surface area contributed by atoms with Gasteiger partial charge in [0, 0.05) is 17.8 Å². The summed E-state index contributed by atoms with van der Waals surface area (Å²) in [6.07, 6.45) is 3.11. The van der Waals surface area contributed by atoms with Gasteiger partial charge < -0.3 is 15.0 Å². The van der Waals surface area contributed by atoms with Crippen molar-refractivity contribution in [2.45, 2.75) is 59.4 Å². The van der Waals surface area contributed by atoms with E-state index >= 15 is 0 Å². The highest BCUT2D eigenvalue weighted by Gasteiger charge is 2.36. The maximum atomic E-state index is 12.7. The predicted molar refractivity (Wildman–Crippen MR) is 140 cm³/mol. The Bertz CT molecular complexity index is 1120. The standard InChI is InChI=1S/C27H33N3O2S/c1-7-30-23-13-17(3)19(14-22(23)18(4)16-27(30,5)6)15-24-25(31)29-26(33-24)28-20-9-11-21(12-10-20)32-8-2/h9-15,18H,7-8,16H2,1-6H3,(H,28,29,31)/b24-15-/t18-/m0/s1. The van der Waals surface area contributed by atoms with Crippen LogP contribution in [0.1, 0.15) is 63.6 Å². The van der Waals surface area contributed by atoms with Gasteiger partial charge in [0.2, 0.25) is 0 Å². The number of nitrogens with one attached hydrogen (secondary N) is 1. The molecule has 5 nitrogen and oxygen atoms in total. The number of aryl methyl sites for hydroxylation is 1. The quantitative estimate of drug-likeness (QED) is 0.522. The molecule has 33 heavy (non-hydrogen) atoms. The lowest BCUT2D eigenvalue weighted by atomic mass is 9.79. The van der Waals surface area contributed by atoms with Crippen LogP contribution in [0, 0.1) is 6.92 Å². The number of nitrogens with zero attached hydrogens (tertiary/aromatic N) is 2. The topological polar surface area (TPSA) is 53.9 Å². The molecule has 0 aromatic heterocycles. The number of anilines is 1. The van der Waals surface area contributed by atoms with Crippen LogP contribution in [0.5, 0.6) is 5.75 Å². The van der Waals surface area contributed by atoms with Gasteiger partial charge in [-0.1, -0.05) is 6.92 Å². The third-order valence-electron chi connectivity index (χ3n) is 6.41. The Labute approximate surface area is 201 Å². The Morgan fingerprint density at radius 3 is 2.64 bits per heavy atom. The smallest absolute Gasteiger partial charge is 0.264 e. The summed E-state index contributed by atoms with van der Waals surface area (Å²) in [6, 6.07) is 12.1. The molecule has 0 spiro atoms. The van der Waals surface area contributed by atoms with Crippen LogP contribution in [0.15, 0.2) is 46.3 Å². The van der Waals surface area contributed by atoms with Crippen LogP contribution in [-0.4, -0.2) is 29.8 Å². The second-order valence-electron chi connectivity index (χ2n) is 9.34. The minimum absolute atomic E-state index is 0.105. The first kappa shape index (κ1) is 23.4. The van der Waals surface area contributed by atoms with E-state index in [9.17, 15) is 4.79 Å². The first-order valence-electron chi connectivity index (χ1n) is 11.7. The number of fused-ring (bicyclic) bond motifs is 1. The number of aliphatic imine (C=N–C) groups is 1. The minimum atomic E-state index is -0.105. The molecule has 2 aliphatic heterocycles. The summed E-state index contributed by atoms with van der Waals surface area (Å²) in [4.78, 5) is 20.4. The van der Waals surface area contributed by atoms with Crippen LogP contribution in [0.4, 0.5) is 11.4 Å². The fourth-order valence-corrected chi connectivity index (χ4v) is 5.76. The van der Waals surface area contributed by atoms with Gasteiger partial charge in [0.25, 0.3) is 5.91 Å². The molecule has 0 bridgehead atoms. The SMILES string of the molecule is CCOc1ccc(N=C2NC(=O)/C(=C/c3cc4c(cc3C)N(CC)C(C)(C)C[C@@H]4C)S2)cc1.